The molecule has 0 radical (unpaired) electrons. The van der Waals surface area contributed by atoms with Crippen LogP contribution in [0.5, 0.6) is 5.75 Å². The second-order valence-corrected chi connectivity index (χ2v) is 4.12. The summed E-state index contributed by atoms with van der Waals surface area (Å²) in [5, 5.41) is 8.85. The third kappa shape index (κ3) is 3.67. The van der Waals surface area contributed by atoms with Crippen molar-refractivity contribution in [3.8, 4) is 11.8 Å². The lowest BCUT2D eigenvalue weighted by atomic mass is 9.94. The Labute approximate surface area is 105 Å². The number of nitrogens with two attached hydrogens (primary N) is 1. The third-order valence-electron chi connectivity index (χ3n) is 2.79. The largest absolute Gasteiger partial charge is 0.488 e. The summed E-state index contributed by atoms with van der Waals surface area (Å²) in [6, 6.07) is 5.56. The van der Waals surface area contributed by atoms with Gasteiger partial charge < -0.3 is 10.5 Å². The quantitative estimate of drug-likeness (QED) is 0.794. The van der Waals surface area contributed by atoms with Gasteiger partial charge in [-0.3, -0.25) is 0 Å². The van der Waals surface area contributed by atoms with Crippen LogP contribution in [0.2, 0.25) is 0 Å². The van der Waals surface area contributed by atoms with Gasteiger partial charge in [0.1, 0.15) is 5.54 Å². The summed E-state index contributed by atoms with van der Waals surface area (Å²) in [6.45, 7) is 1.94. The predicted molar refractivity (Wildman–Crippen MR) is 63.9 cm³/mol. The molecule has 1 rings (SSSR count). The Morgan fingerprint density at radius 2 is 2.00 bits per heavy atom. The Morgan fingerprint density at radius 3 is 2.50 bits per heavy atom. The van der Waals surface area contributed by atoms with Crippen LogP contribution in [0.1, 0.15) is 26.2 Å². The zero-order valence-corrected chi connectivity index (χ0v) is 10.2. The van der Waals surface area contributed by atoms with Crippen LogP contribution in [-0.2, 0) is 0 Å². The molecule has 0 aliphatic rings. The molecule has 18 heavy (non-hydrogen) atoms. The van der Waals surface area contributed by atoms with Crippen molar-refractivity contribution in [3.63, 3.8) is 0 Å². The van der Waals surface area contributed by atoms with Crippen molar-refractivity contribution in [2.75, 3.05) is 6.61 Å². The average molecular weight is 254 g/mol. The molecule has 1 atom stereocenters. The Kier molecular flexibility index (Phi) is 5.05. The van der Waals surface area contributed by atoms with E-state index in [1.165, 1.54) is 6.07 Å². The van der Waals surface area contributed by atoms with Gasteiger partial charge in [-0.25, -0.2) is 8.78 Å². The van der Waals surface area contributed by atoms with E-state index in [2.05, 4.69) is 0 Å². The molecule has 2 N–H and O–H groups in total. The van der Waals surface area contributed by atoms with Crippen LogP contribution < -0.4 is 10.5 Å². The first-order valence-electron chi connectivity index (χ1n) is 5.79. The lowest BCUT2D eigenvalue weighted by Gasteiger charge is -2.19. The second kappa shape index (κ2) is 6.31. The average Bonchev–Trinajstić information content (AvgIpc) is 2.37. The van der Waals surface area contributed by atoms with E-state index in [-0.39, 0.29) is 12.4 Å². The van der Waals surface area contributed by atoms with Crippen molar-refractivity contribution in [3.05, 3.63) is 29.8 Å². The van der Waals surface area contributed by atoms with E-state index in [1.54, 1.807) is 0 Å². The molecular weight excluding hydrogens is 238 g/mol. The van der Waals surface area contributed by atoms with Crippen LogP contribution in [0.4, 0.5) is 8.78 Å². The van der Waals surface area contributed by atoms with Crippen molar-refractivity contribution in [2.24, 2.45) is 5.73 Å². The molecule has 0 fully saturated rings. The van der Waals surface area contributed by atoms with Gasteiger partial charge in [-0.2, -0.15) is 5.26 Å². The van der Waals surface area contributed by atoms with Gasteiger partial charge in [-0.05, 0) is 31.4 Å². The summed E-state index contributed by atoms with van der Waals surface area (Å²) in [5.41, 5.74) is 4.88. The maximum atomic E-state index is 13.2. The number of hydrogen-bond acceptors (Lipinski definition) is 3. The fourth-order valence-corrected chi connectivity index (χ4v) is 1.49. The zero-order chi connectivity index (χ0) is 13.6. The molecule has 0 heterocycles. The van der Waals surface area contributed by atoms with E-state index in [0.29, 0.717) is 19.3 Å². The lowest BCUT2D eigenvalue weighted by molar-refractivity contribution is 0.266. The van der Waals surface area contributed by atoms with Crippen LogP contribution in [0.3, 0.4) is 0 Å². The Balaban J connectivity index is 2.46. The highest BCUT2D eigenvalue weighted by Gasteiger charge is 2.21. The van der Waals surface area contributed by atoms with Crippen molar-refractivity contribution < 1.29 is 13.5 Å². The SMILES string of the molecule is CCC(N)(C#N)CCCOc1c(F)cccc1F. The van der Waals surface area contributed by atoms with Crippen molar-refractivity contribution in [1.29, 1.82) is 5.26 Å². The number of halogens is 2. The standard InChI is InChI=1S/C13H16F2N2O/c1-2-13(17,9-16)7-4-8-18-12-10(14)5-3-6-11(12)15/h3,5-6H,2,4,7-8,17H2,1H3. The predicted octanol–water partition coefficient (Wildman–Crippen LogP) is 2.75. The summed E-state index contributed by atoms with van der Waals surface area (Å²) in [6.07, 6.45) is 1.42. The molecule has 1 aromatic carbocycles. The molecule has 0 amide bonds. The highest BCUT2D eigenvalue weighted by molar-refractivity contribution is 5.25. The first kappa shape index (κ1) is 14.4. The Bertz CT molecular complexity index is 425. The van der Waals surface area contributed by atoms with Gasteiger partial charge in [0.2, 0.25) is 0 Å². The van der Waals surface area contributed by atoms with Crippen LogP contribution in [0.15, 0.2) is 18.2 Å². The number of benzene rings is 1. The van der Waals surface area contributed by atoms with Crippen LogP contribution in [-0.4, -0.2) is 12.1 Å². The monoisotopic (exact) mass is 254 g/mol. The molecule has 0 aliphatic carbocycles. The minimum Gasteiger partial charge on any atom is -0.488 e. The summed E-state index contributed by atoms with van der Waals surface area (Å²) in [7, 11) is 0. The smallest absolute Gasteiger partial charge is 0.190 e. The maximum absolute atomic E-state index is 13.2. The minimum atomic E-state index is -0.892. The first-order chi connectivity index (χ1) is 8.52. The molecule has 0 bridgehead atoms. The first-order valence-corrected chi connectivity index (χ1v) is 5.79. The molecule has 0 aromatic heterocycles. The molecule has 0 saturated heterocycles. The molecule has 0 saturated carbocycles. The summed E-state index contributed by atoms with van der Waals surface area (Å²) < 4.78 is 31.4. The molecule has 1 unspecified atom stereocenters. The normalized spacial score (nSPS) is 13.7. The Morgan fingerprint density at radius 1 is 1.39 bits per heavy atom. The number of nitriles is 1. The van der Waals surface area contributed by atoms with Gasteiger partial charge in [-0.15, -0.1) is 0 Å². The van der Waals surface area contributed by atoms with E-state index in [9.17, 15) is 8.78 Å². The Hall–Kier alpha value is -1.67. The van der Waals surface area contributed by atoms with Crippen LogP contribution in [0.25, 0.3) is 0 Å². The molecule has 0 spiro atoms. The van der Waals surface area contributed by atoms with Crippen molar-refractivity contribution >= 4 is 0 Å². The molecule has 98 valence electrons. The van der Waals surface area contributed by atoms with E-state index < -0.39 is 17.2 Å². The van der Waals surface area contributed by atoms with Gasteiger partial charge in [-0.1, -0.05) is 13.0 Å². The summed E-state index contributed by atoms with van der Waals surface area (Å²) in [5.74, 6) is -1.84. The summed E-state index contributed by atoms with van der Waals surface area (Å²) >= 11 is 0. The zero-order valence-electron chi connectivity index (χ0n) is 10.2. The molecule has 5 heteroatoms. The van der Waals surface area contributed by atoms with Gasteiger partial charge in [0.25, 0.3) is 0 Å². The topological polar surface area (TPSA) is 59.0 Å². The molecule has 0 aliphatic heterocycles. The number of rotatable bonds is 6. The van der Waals surface area contributed by atoms with Crippen LogP contribution >= 0.6 is 0 Å². The number of para-hydroxylation sites is 1. The second-order valence-electron chi connectivity index (χ2n) is 4.12. The highest BCUT2D eigenvalue weighted by atomic mass is 19.1. The van der Waals surface area contributed by atoms with Gasteiger partial charge in [0.15, 0.2) is 17.4 Å². The molecular formula is C13H16F2N2O. The summed E-state index contributed by atoms with van der Waals surface area (Å²) in [4.78, 5) is 0. The molecule has 3 nitrogen and oxygen atoms in total. The van der Waals surface area contributed by atoms with Gasteiger partial charge in [0, 0.05) is 0 Å². The van der Waals surface area contributed by atoms with Gasteiger partial charge >= 0.3 is 0 Å². The highest BCUT2D eigenvalue weighted by Crippen LogP contribution is 2.21. The number of hydrogen-bond donors (Lipinski definition) is 1. The lowest BCUT2D eigenvalue weighted by Crippen LogP contribution is -2.37. The fourth-order valence-electron chi connectivity index (χ4n) is 1.49. The third-order valence-corrected chi connectivity index (χ3v) is 2.79. The number of ether oxygens (including phenoxy) is 1. The minimum absolute atomic E-state index is 0.123. The van der Waals surface area contributed by atoms with Crippen molar-refractivity contribution in [1.82, 2.24) is 0 Å². The maximum Gasteiger partial charge on any atom is 0.190 e. The van der Waals surface area contributed by atoms with E-state index in [0.717, 1.165) is 12.1 Å². The van der Waals surface area contributed by atoms with E-state index in [4.69, 9.17) is 15.7 Å². The molecule has 1 aromatic rings. The van der Waals surface area contributed by atoms with E-state index in [1.807, 2.05) is 13.0 Å². The van der Waals surface area contributed by atoms with Crippen molar-refractivity contribution in [2.45, 2.75) is 31.7 Å². The van der Waals surface area contributed by atoms with Crippen LogP contribution in [0, 0.1) is 23.0 Å². The van der Waals surface area contributed by atoms with E-state index >= 15 is 0 Å². The number of nitrogens with zero attached hydrogens (tertiary/aromatic N) is 1. The van der Waals surface area contributed by atoms with Gasteiger partial charge in [0.05, 0.1) is 12.7 Å². The fraction of sp³-hybridized carbons (Fsp3) is 0.462.